The van der Waals surface area contributed by atoms with Crippen molar-refractivity contribution in [1.29, 1.82) is 0 Å². The number of aliphatic hydroxyl groups excluding tert-OH is 1. The number of nitrogens with zero attached hydrogens (tertiary/aromatic N) is 2. The van der Waals surface area contributed by atoms with Crippen LogP contribution in [0.1, 0.15) is 19.2 Å². The maximum absolute atomic E-state index is 9.33. The first kappa shape index (κ1) is 15.5. The smallest absolute Gasteiger partial charge is 0.196 e. The average molecular weight is 308 g/mol. The molecule has 2 aromatic heterocycles. The molecule has 0 saturated carbocycles. The Bertz CT molecular complexity index is 753. The molecule has 0 aliphatic rings. The van der Waals surface area contributed by atoms with Gasteiger partial charge < -0.3 is 14.8 Å². The van der Waals surface area contributed by atoms with Gasteiger partial charge in [0.1, 0.15) is 16.9 Å². The lowest BCUT2D eigenvalue weighted by Gasteiger charge is -2.14. The third-order valence-electron chi connectivity index (χ3n) is 3.39. The van der Waals surface area contributed by atoms with Gasteiger partial charge in [0.05, 0.1) is 12.6 Å². The predicted octanol–water partition coefficient (Wildman–Crippen LogP) is 3.29. The molecule has 5 nitrogen and oxygen atoms in total. The Morgan fingerprint density at radius 1 is 1.29 bits per heavy atom. The van der Waals surface area contributed by atoms with E-state index in [1.807, 2.05) is 38.1 Å². The van der Waals surface area contributed by atoms with Crippen LogP contribution < -0.4 is 5.32 Å². The SMILES string of the molecule is CCC(CO)Nc1nc(C)nc2c1oc1ccccc12.Cl. The van der Waals surface area contributed by atoms with Crippen molar-refractivity contribution in [3.63, 3.8) is 0 Å². The van der Waals surface area contributed by atoms with Crippen LogP contribution in [-0.2, 0) is 0 Å². The summed E-state index contributed by atoms with van der Waals surface area (Å²) in [6.45, 7) is 3.92. The average Bonchev–Trinajstić information content (AvgIpc) is 2.83. The van der Waals surface area contributed by atoms with Crippen LogP contribution in [0.3, 0.4) is 0 Å². The van der Waals surface area contributed by atoms with Gasteiger partial charge in [-0.3, -0.25) is 0 Å². The number of nitrogens with one attached hydrogen (secondary N) is 1. The molecule has 2 heterocycles. The van der Waals surface area contributed by atoms with E-state index in [-0.39, 0.29) is 25.1 Å². The lowest BCUT2D eigenvalue weighted by Crippen LogP contribution is -2.23. The second-order valence-electron chi connectivity index (χ2n) is 4.83. The van der Waals surface area contributed by atoms with Crippen LogP contribution in [0.25, 0.3) is 22.1 Å². The summed E-state index contributed by atoms with van der Waals surface area (Å²) in [6.07, 6.45) is 0.807. The summed E-state index contributed by atoms with van der Waals surface area (Å²) in [7, 11) is 0. The van der Waals surface area contributed by atoms with Crippen molar-refractivity contribution >= 4 is 40.3 Å². The van der Waals surface area contributed by atoms with Gasteiger partial charge in [0.25, 0.3) is 0 Å². The molecule has 0 fully saturated rings. The summed E-state index contributed by atoms with van der Waals surface area (Å²) in [6, 6.07) is 7.76. The van der Waals surface area contributed by atoms with Gasteiger partial charge in [-0.2, -0.15) is 0 Å². The minimum atomic E-state index is -0.0410. The minimum Gasteiger partial charge on any atom is -0.450 e. The Morgan fingerprint density at radius 3 is 2.76 bits per heavy atom. The molecule has 0 amide bonds. The van der Waals surface area contributed by atoms with Crippen LogP contribution in [0.5, 0.6) is 0 Å². The van der Waals surface area contributed by atoms with Gasteiger partial charge in [0.2, 0.25) is 0 Å². The summed E-state index contributed by atoms with van der Waals surface area (Å²) >= 11 is 0. The van der Waals surface area contributed by atoms with E-state index in [0.29, 0.717) is 17.2 Å². The van der Waals surface area contributed by atoms with Gasteiger partial charge in [-0.15, -0.1) is 12.4 Å². The molecule has 3 aromatic rings. The molecule has 0 spiro atoms. The van der Waals surface area contributed by atoms with E-state index in [4.69, 9.17) is 4.42 Å². The quantitative estimate of drug-likeness (QED) is 0.774. The van der Waals surface area contributed by atoms with Crippen LogP contribution in [0, 0.1) is 6.92 Å². The normalized spacial score (nSPS) is 12.3. The highest BCUT2D eigenvalue weighted by atomic mass is 35.5. The largest absolute Gasteiger partial charge is 0.450 e. The lowest BCUT2D eigenvalue weighted by molar-refractivity contribution is 0.271. The van der Waals surface area contributed by atoms with Crippen molar-refractivity contribution in [1.82, 2.24) is 9.97 Å². The van der Waals surface area contributed by atoms with Gasteiger partial charge in [-0.25, -0.2) is 9.97 Å². The monoisotopic (exact) mass is 307 g/mol. The number of aromatic nitrogens is 2. The molecule has 0 aliphatic heterocycles. The first-order valence-corrected chi connectivity index (χ1v) is 6.76. The van der Waals surface area contributed by atoms with Crippen LogP contribution in [0.4, 0.5) is 5.82 Å². The first-order valence-electron chi connectivity index (χ1n) is 6.76. The molecule has 1 aromatic carbocycles. The van der Waals surface area contributed by atoms with Crippen LogP contribution in [0.15, 0.2) is 28.7 Å². The molecule has 0 bridgehead atoms. The zero-order chi connectivity index (χ0) is 14.1. The number of aryl methyl sites for hydroxylation is 1. The summed E-state index contributed by atoms with van der Waals surface area (Å²) in [5, 5.41) is 13.5. The fourth-order valence-electron chi connectivity index (χ4n) is 2.27. The van der Waals surface area contributed by atoms with Crippen LogP contribution >= 0.6 is 12.4 Å². The second-order valence-corrected chi connectivity index (χ2v) is 4.83. The van der Waals surface area contributed by atoms with E-state index in [0.717, 1.165) is 22.9 Å². The molecule has 0 aliphatic carbocycles. The molecule has 112 valence electrons. The summed E-state index contributed by atoms with van der Waals surface area (Å²) in [5.74, 6) is 1.32. The molecule has 1 atom stereocenters. The van der Waals surface area contributed by atoms with E-state index in [1.54, 1.807) is 0 Å². The third kappa shape index (κ3) is 2.80. The number of fused-ring (bicyclic) bond motifs is 3. The molecule has 3 rings (SSSR count). The minimum absolute atomic E-state index is 0. The van der Waals surface area contributed by atoms with Gasteiger partial charge in [0, 0.05) is 5.39 Å². The Kier molecular flexibility index (Phi) is 4.65. The van der Waals surface area contributed by atoms with Crippen molar-refractivity contribution in [2.75, 3.05) is 11.9 Å². The zero-order valence-corrected chi connectivity index (χ0v) is 12.8. The molecular weight excluding hydrogens is 290 g/mol. The van der Waals surface area contributed by atoms with Gasteiger partial charge in [-0.1, -0.05) is 19.1 Å². The number of hydrogen-bond acceptors (Lipinski definition) is 5. The highest BCUT2D eigenvalue weighted by Crippen LogP contribution is 2.31. The molecule has 1 unspecified atom stereocenters. The second kappa shape index (κ2) is 6.28. The predicted molar refractivity (Wildman–Crippen MR) is 86.1 cm³/mol. The number of halogens is 1. The van der Waals surface area contributed by atoms with E-state index >= 15 is 0 Å². The van der Waals surface area contributed by atoms with Crippen molar-refractivity contribution in [3.8, 4) is 0 Å². The fraction of sp³-hybridized carbons (Fsp3) is 0.333. The Morgan fingerprint density at radius 2 is 2.05 bits per heavy atom. The fourth-order valence-corrected chi connectivity index (χ4v) is 2.27. The topological polar surface area (TPSA) is 71.2 Å². The van der Waals surface area contributed by atoms with Gasteiger partial charge >= 0.3 is 0 Å². The highest BCUT2D eigenvalue weighted by molar-refractivity contribution is 6.05. The summed E-state index contributed by atoms with van der Waals surface area (Å²) in [4.78, 5) is 8.88. The van der Waals surface area contributed by atoms with Crippen molar-refractivity contribution in [2.45, 2.75) is 26.3 Å². The Hall–Kier alpha value is -1.85. The zero-order valence-electron chi connectivity index (χ0n) is 12.0. The number of para-hydroxylation sites is 1. The molecule has 2 N–H and O–H groups in total. The van der Waals surface area contributed by atoms with E-state index < -0.39 is 0 Å². The van der Waals surface area contributed by atoms with Crippen molar-refractivity contribution in [3.05, 3.63) is 30.1 Å². The Balaban J connectivity index is 0.00000161. The Labute approximate surface area is 128 Å². The lowest BCUT2D eigenvalue weighted by atomic mass is 10.2. The maximum atomic E-state index is 9.33. The number of furan rings is 1. The number of benzene rings is 1. The number of anilines is 1. The molecule has 0 saturated heterocycles. The van der Waals surface area contributed by atoms with Crippen LogP contribution in [-0.4, -0.2) is 27.7 Å². The molecule has 6 heteroatoms. The molecule has 21 heavy (non-hydrogen) atoms. The standard InChI is InChI=1S/C15H17N3O2.ClH/c1-3-10(8-19)18-15-14-13(16-9(2)17-15)11-6-4-5-7-12(11)20-14;/h4-7,10,19H,3,8H2,1-2H3,(H,16,17,18);1H. The number of hydrogen-bond donors (Lipinski definition) is 2. The molecule has 0 radical (unpaired) electrons. The number of rotatable bonds is 4. The first-order chi connectivity index (χ1) is 9.72. The van der Waals surface area contributed by atoms with E-state index in [2.05, 4.69) is 15.3 Å². The van der Waals surface area contributed by atoms with E-state index in [1.165, 1.54) is 0 Å². The summed E-state index contributed by atoms with van der Waals surface area (Å²) < 4.78 is 5.86. The highest BCUT2D eigenvalue weighted by Gasteiger charge is 2.16. The third-order valence-corrected chi connectivity index (χ3v) is 3.39. The van der Waals surface area contributed by atoms with Crippen molar-refractivity contribution in [2.24, 2.45) is 0 Å². The number of aliphatic hydroxyl groups is 1. The maximum Gasteiger partial charge on any atom is 0.196 e. The van der Waals surface area contributed by atoms with E-state index in [9.17, 15) is 5.11 Å². The van der Waals surface area contributed by atoms with Gasteiger partial charge in [-0.05, 0) is 25.5 Å². The van der Waals surface area contributed by atoms with Crippen LogP contribution in [0.2, 0.25) is 0 Å². The summed E-state index contributed by atoms with van der Waals surface area (Å²) in [5.41, 5.74) is 2.24. The van der Waals surface area contributed by atoms with Crippen molar-refractivity contribution < 1.29 is 9.52 Å². The van der Waals surface area contributed by atoms with Gasteiger partial charge in [0.15, 0.2) is 11.4 Å². The molecular formula is C15H18ClN3O2.